The van der Waals surface area contributed by atoms with Crippen LogP contribution in [0.25, 0.3) is 0 Å². The number of aromatic nitrogens is 1. The Morgan fingerprint density at radius 2 is 1.89 bits per heavy atom. The fourth-order valence-corrected chi connectivity index (χ4v) is 1.96. The minimum atomic E-state index is -0.485. The second-order valence-electron chi connectivity index (χ2n) is 6.58. The predicted octanol–water partition coefficient (Wildman–Crippen LogP) is 2.68. The van der Waals surface area contributed by atoms with Crippen LogP contribution in [0.3, 0.4) is 0 Å². The molecule has 9 heteroatoms. The Labute approximate surface area is 178 Å². The van der Waals surface area contributed by atoms with Gasteiger partial charge in [0, 0.05) is 25.7 Å². The van der Waals surface area contributed by atoms with Crippen molar-refractivity contribution in [3.63, 3.8) is 0 Å². The molecule has 0 bridgehead atoms. The molecular formula is C18H32IN5O3. The number of methoxy groups -OCH3 is 1. The van der Waals surface area contributed by atoms with Crippen molar-refractivity contribution in [3.05, 3.63) is 23.9 Å². The molecule has 0 unspecified atom stereocenters. The van der Waals surface area contributed by atoms with Crippen molar-refractivity contribution < 1.29 is 14.3 Å². The van der Waals surface area contributed by atoms with Crippen molar-refractivity contribution in [1.29, 1.82) is 0 Å². The first-order chi connectivity index (χ1) is 12.3. The van der Waals surface area contributed by atoms with Gasteiger partial charge in [-0.2, -0.15) is 0 Å². The van der Waals surface area contributed by atoms with E-state index in [0.29, 0.717) is 31.5 Å². The van der Waals surface area contributed by atoms with Crippen molar-refractivity contribution in [2.75, 3.05) is 26.7 Å². The van der Waals surface area contributed by atoms with Gasteiger partial charge in [0.25, 0.3) is 0 Å². The lowest BCUT2D eigenvalue weighted by Crippen LogP contribution is -2.39. The smallest absolute Gasteiger partial charge is 0.407 e. The maximum absolute atomic E-state index is 11.6. The third-order valence-electron chi connectivity index (χ3n) is 3.05. The molecule has 0 fully saturated rings. The molecule has 0 spiro atoms. The molecule has 0 saturated heterocycles. The van der Waals surface area contributed by atoms with Gasteiger partial charge in [-0.05, 0) is 40.2 Å². The number of halogens is 1. The van der Waals surface area contributed by atoms with E-state index in [1.165, 1.54) is 0 Å². The topological polar surface area (TPSA) is 96.9 Å². The molecule has 0 atom stereocenters. The highest BCUT2D eigenvalue weighted by molar-refractivity contribution is 14.0. The van der Waals surface area contributed by atoms with Crippen LogP contribution in [0, 0.1) is 0 Å². The Hall–Kier alpha value is -1.78. The maximum Gasteiger partial charge on any atom is 0.407 e. The average Bonchev–Trinajstić information content (AvgIpc) is 2.58. The van der Waals surface area contributed by atoms with Crippen LogP contribution in [0.2, 0.25) is 0 Å². The van der Waals surface area contributed by atoms with Crippen molar-refractivity contribution in [3.8, 4) is 5.88 Å². The third kappa shape index (κ3) is 12.3. The van der Waals surface area contributed by atoms with E-state index in [1.54, 1.807) is 13.2 Å². The van der Waals surface area contributed by atoms with E-state index in [4.69, 9.17) is 9.47 Å². The standard InChI is InChI=1S/C18H31N5O3.HI/c1-6-19-16(22-13-14-9-7-10-15(23-14)25-5)20-11-8-12-21-17(24)26-18(2,3)4;/h7,9-10H,6,8,11-13H2,1-5H3,(H,21,24)(H2,19,20,22);1H. The van der Waals surface area contributed by atoms with Gasteiger partial charge in [0.05, 0.1) is 19.3 Å². The molecule has 0 radical (unpaired) electrons. The number of pyridine rings is 1. The highest BCUT2D eigenvalue weighted by atomic mass is 127. The minimum absolute atomic E-state index is 0. The second kappa shape index (κ2) is 13.4. The number of nitrogens with one attached hydrogen (secondary N) is 3. The van der Waals surface area contributed by atoms with Crippen LogP contribution < -0.4 is 20.7 Å². The Morgan fingerprint density at radius 3 is 2.52 bits per heavy atom. The summed E-state index contributed by atoms with van der Waals surface area (Å²) < 4.78 is 10.3. The van der Waals surface area contributed by atoms with Crippen molar-refractivity contribution in [1.82, 2.24) is 20.9 Å². The first-order valence-corrected chi connectivity index (χ1v) is 8.83. The summed E-state index contributed by atoms with van der Waals surface area (Å²) in [6, 6.07) is 5.59. The lowest BCUT2D eigenvalue weighted by molar-refractivity contribution is 0.0527. The number of hydrogen-bond acceptors (Lipinski definition) is 5. The van der Waals surface area contributed by atoms with Crippen LogP contribution in [-0.4, -0.2) is 49.4 Å². The summed E-state index contributed by atoms with van der Waals surface area (Å²) in [4.78, 5) is 20.4. The zero-order valence-corrected chi connectivity index (χ0v) is 19.1. The zero-order chi connectivity index (χ0) is 19.4. The molecule has 1 aromatic heterocycles. The molecule has 1 aromatic rings. The van der Waals surface area contributed by atoms with Crippen LogP contribution in [0.4, 0.5) is 4.79 Å². The third-order valence-corrected chi connectivity index (χ3v) is 3.05. The van der Waals surface area contributed by atoms with Gasteiger partial charge in [0.1, 0.15) is 5.60 Å². The fraction of sp³-hybridized carbons (Fsp3) is 0.611. The molecule has 3 N–H and O–H groups in total. The summed E-state index contributed by atoms with van der Waals surface area (Å²) in [5.74, 6) is 1.28. The van der Waals surface area contributed by atoms with Crippen LogP contribution in [0.15, 0.2) is 23.2 Å². The molecule has 27 heavy (non-hydrogen) atoms. The Morgan fingerprint density at radius 1 is 1.19 bits per heavy atom. The zero-order valence-electron chi connectivity index (χ0n) is 16.8. The number of guanidine groups is 1. The lowest BCUT2D eigenvalue weighted by atomic mass is 10.2. The SMILES string of the molecule is CCNC(=NCc1cccc(OC)n1)NCCCNC(=O)OC(C)(C)C.I. The van der Waals surface area contributed by atoms with E-state index in [9.17, 15) is 4.79 Å². The predicted molar refractivity (Wildman–Crippen MR) is 118 cm³/mol. The summed E-state index contributed by atoms with van der Waals surface area (Å²) in [7, 11) is 1.59. The van der Waals surface area contributed by atoms with E-state index >= 15 is 0 Å². The molecule has 0 aromatic carbocycles. The van der Waals surface area contributed by atoms with Crippen LogP contribution in [0.5, 0.6) is 5.88 Å². The van der Waals surface area contributed by atoms with Gasteiger partial charge >= 0.3 is 6.09 Å². The summed E-state index contributed by atoms with van der Waals surface area (Å²) in [6.07, 6.45) is 0.350. The Bertz CT molecular complexity index is 591. The van der Waals surface area contributed by atoms with E-state index in [0.717, 1.165) is 18.7 Å². The summed E-state index contributed by atoms with van der Waals surface area (Å²) in [5, 5.41) is 9.14. The van der Waals surface area contributed by atoms with Gasteiger partial charge in [-0.15, -0.1) is 24.0 Å². The number of hydrogen-bond donors (Lipinski definition) is 3. The van der Waals surface area contributed by atoms with E-state index in [2.05, 4.69) is 25.9 Å². The van der Waals surface area contributed by atoms with Crippen LogP contribution >= 0.6 is 24.0 Å². The first-order valence-electron chi connectivity index (χ1n) is 8.83. The highest BCUT2D eigenvalue weighted by Gasteiger charge is 2.15. The normalized spacial score (nSPS) is 11.2. The monoisotopic (exact) mass is 493 g/mol. The van der Waals surface area contributed by atoms with Gasteiger partial charge in [0.2, 0.25) is 5.88 Å². The molecule has 1 heterocycles. The number of ether oxygens (including phenoxy) is 2. The maximum atomic E-state index is 11.6. The fourth-order valence-electron chi connectivity index (χ4n) is 1.96. The number of carbonyl (C=O) groups excluding carboxylic acids is 1. The van der Waals surface area contributed by atoms with Gasteiger partial charge < -0.3 is 25.4 Å². The summed E-state index contributed by atoms with van der Waals surface area (Å²) in [6.45, 7) is 9.92. The van der Waals surface area contributed by atoms with Crippen LogP contribution in [-0.2, 0) is 11.3 Å². The van der Waals surface area contributed by atoms with Gasteiger partial charge in [-0.3, -0.25) is 0 Å². The number of carbonyl (C=O) groups is 1. The Kier molecular flexibility index (Phi) is 12.5. The van der Waals surface area contributed by atoms with E-state index in [-0.39, 0.29) is 24.0 Å². The van der Waals surface area contributed by atoms with Gasteiger partial charge in [-0.25, -0.2) is 14.8 Å². The Balaban J connectivity index is 0.00000676. The minimum Gasteiger partial charge on any atom is -0.481 e. The number of amides is 1. The molecule has 1 amide bonds. The molecule has 0 aliphatic heterocycles. The molecule has 8 nitrogen and oxygen atoms in total. The number of nitrogens with zero attached hydrogens (tertiary/aromatic N) is 2. The number of rotatable bonds is 8. The first kappa shape index (κ1) is 25.2. The quantitative estimate of drug-likeness (QED) is 0.223. The largest absolute Gasteiger partial charge is 0.481 e. The van der Waals surface area contributed by atoms with Crippen LogP contribution in [0.1, 0.15) is 39.8 Å². The number of alkyl carbamates (subject to hydrolysis) is 1. The highest BCUT2D eigenvalue weighted by Crippen LogP contribution is 2.07. The summed E-state index contributed by atoms with van der Waals surface area (Å²) >= 11 is 0. The molecule has 0 aliphatic rings. The van der Waals surface area contributed by atoms with Crippen molar-refractivity contribution in [2.45, 2.75) is 46.3 Å². The van der Waals surface area contributed by atoms with E-state index in [1.807, 2.05) is 39.8 Å². The molecule has 0 saturated carbocycles. The van der Waals surface area contributed by atoms with Crippen molar-refractivity contribution in [2.24, 2.45) is 4.99 Å². The molecule has 154 valence electrons. The molecule has 0 aliphatic carbocycles. The molecular weight excluding hydrogens is 461 g/mol. The van der Waals surface area contributed by atoms with Crippen molar-refractivity contribution >= 4 is 36.0 Å². The number of aliphatic imine (C=N–C) groups is 1. The second-order valence-corrected chi connectivity index (χ2v) is 6.58. The van der Waals surface area contributed by atoms with E-state index < -0.39 is 11.7 Å². The van der Waals surface area contributed by atoms with Gasteiger partial charge in [0.15, 0.2) is 5.96 Å². The lowest BCUT2D eigenvalue weighted by Gasteiger charge is -2.19. The summed E-state index contributed by atoms with van der Waals surface area (Å²) in [5.41, 5.74) is 0.342. The van der Waals surface area contributed by atoms with Gasteiger partial charge in [-0.1, -0.05) is 6.07 Å². The average molecular weight is 493 g/mol. The molecule has 1 rings (SSSR count).